The first-order chi connectivity index (χ1) is 12.6. The fourth-order valence-corrected chi connectivity index (χ4v) is 3.11. The van der Waals surface area contributed by atoms with Gasteiger partial charge < -0.3 is 10.0 Å². The number of hydrogen-bond donors (Lipinski definition) is 1. The summed E-state index contributed by atoms with van der Waals surface area (Å²) in [6, 6.07) is 15.8. The van der Waals surface area contributed by atoms with Gasteiger partial charge in [0.15, 0.2) is 0 Å². The van der Waals surface area contributed by atoms with Gasteiger partial charge in [0.1, 0.15) is 0 Å². The molecule has 0 spiro atoms. The molecule has 0 aliphatic carbocycles. The standard InChI is InChI=1S/C20H23N3O3/c1-21-11-13-22(14-12-21)15-19(24)23(16-7-3-2-4-8-16)18-10-6-5-9-17(18)20(25)26/h2-10H,11-15H2,1H3,(H,25,26). The van der Waals surface area contributed by atoms with Gasteiger partial charge in [-0.3, -0.25) is 14.6 Å². The topological polar surface area (TPSA) is 64.1 Å². The smallest absolute Gasteiger partial charge is 0.337 e. The molecular formula is C20H23N3O3. The van der Waals surface area contributed by atoms with Crippen molar-refractivity contribution in [3.63, 3.8) is 0 Å². The summed E-state index contributed by atoms with van der Waals surface area (Å²) in [6.07, 6.45) is 0. The molecule has 0 saturated carbocycles. The normalized spacial score (nSPS) is 15.6. The van der Waals surface area contributed by atoms with E-state index in [-0.39, 0.29) is 18.0 Å². The molecule has 2 aromatic rings. The van der Waals surface area contributed by atoms with Crippen LogP contribution < -0.4 is 4.90 Å². The van der Waals surface area contributed by atoms with Gasteiger partial charge in [0.2, 0.25) is 5.91 Å². The number of carboxylic acid groups (broad SMARTS) is 1. The van der Waals surface area contributed by atoms with E-state index < -0.39 is 5.97 Å². The van der Waals surface area contributed by atoms with E-state index in [2.05, 4.69) is 16.8 Å². The van der Waals surface area contributed by atoms with Crippen LogP contribution in [-0.2, 0) is 4.79 Å². The van der Waals surface area contributed by atoms with Crippen LogP contribution in [0.1, 0.15) is 10.4 Å². The van der Waals surface area contributed by atoms with Crippen LogP contribution in [0.5, 0.6) is 0 Å². The fraction of sp³-hybridized carbons (Fsp3) is 0.300. The van der Waals surface area contributed by atoms with Crippen molar-refractivity contribution in [2.24, 2.45) is 0 Å². The molecule has 0 radical (unpaired) electrons. The van der Waals surface area contributed by atoms with Gasteiger partial charge in [0.25, 0.3) is 0 Å². The summed E-state index contributed by atoms with van der Waals surface area (Å²) in [5.74, 6) is -1.18. The summed E-state index contributed by atoms with van der Waals surface area (Å²) in [7, 11) is 2.07. The largest absolute Gasteiger partial charge is 0.478 e. The van der Waals surface area contributed by atoms with Gasteiger partial charge in [-0.25, -0.2) is 4.79 Å². The fourth-order valence-electron chi connectivity index (χ4n) is 3.11. The highest BCUT2D eigenvalue weighted by molar-refractivity contribution is 6.07. The molecule has 1 fully saturated rings. The molecule has 0 atom stereocenters. The number of carbonyl (C=O) groups excluding carboxylic acids is 1. The Balaban J connectivity index is 1.92. The van der Waals surface area contributed by atoms with Crippen molar-refractivity contribution < 1.29 is 14.7 Å². The third-order valence-electron chi connectivity index (χ3n) is 4.59. The van der Waals surface area contributed by atoms with E-state index in [0.717, 1.165) is 26.2 Å². The Morgan fingerprint density at radius 3 is 2.23 bits per heavy atom. The highest BCUT2D eigenvalue weighted by Crippen LogP contribution is 2.29. The summed E-state index contributed by atoms with van der Waals surface area (Å²) in [5, 5.41) is 9.54. The molecule has 0 bridgehead atoms. The van der Waals surface area contributed by atoms with Crippen LogP contribution in [0.2, 0.25) is 0 Å². The number of anilines is 2. The Kier molecular flexibility index (Phi) is 5.65. The summed E-state index contributed by atoms with van der Waals surface area (Å²) in [4.78, 5) is 30.7. The van der Waals surface area contributed by atoms with Crippen molar-refractivity contribution in [2.75, 3.05) is 44.7 Å². The average molecular weight is 353 g/mol. The van der Waals surface area contributed by atoms with Crippen molar-refractivity contribution >= 4 is 23.3 Å². The van der Waals surface area contributed by atoms with Gasteiger partial charge in [-0.05, 0) is 31.3 Å². The van der Waals surface area contributed by atoms with Gasteiger partial charge in [0, 0.05) is 31.9 Å². The number of benzene rings is 2. The maximum Gasteiger partial charge on any atom is 0.337 e. The molecule has 1 aliphatic heterocycles. The minimum absolute atomic E-state index is 0.114. The highest BCUT2D eigenvalue weighted by atomic mass is 16.4. The third kappa shape index (κ3) is 4.09. The van der Waals surface area contributed by atoms with Crippen molar-refractivity contribution in [3.05, 3.63) is 60.2 Å². The third-order valence-corrected chi connectivity index (χ3v) is 4.59. The Labute approximate surface area is 153 Å². The number of carboxylic acids is 1. The molecule has 2 aromatic carbocycles. The van der Waals surface area contributed by atoms with E-state index in [4.69, 9.17) is 0 Å². The lowest BCUT2D eigenvalue weighted by molar-refractivity contribution is -0.119. The number of likely N-dealkylation sites (N-methyl/N-ethyl adjacent to an activating group) is 1. The Morgan fingerprint density at radius 2 is 1.58 bits per heavy atom. The number of piperazine rings is 1. The first-order valence-corrected chi connectivity index (χ1v) is 8.67. The zero-order valence-corrected chi connectivity index (χ0v) is 14.8. The van der Waals surface area contributed by atoms with E-state index in [1.54, 1.807) is 18.2 Å². The molecule has 6 heteroatoms. The van der Waals surface area contributed by atoms with Crippen LogP contribution >= 0.6 is 0 Å². The van der Waals surface area contributed by atoms with Crippen molar-refractivity contribution in [2.45, 2.75) is 0 Å². The number of para-hydroxylation sites is 2. The number of aromatic carboxylic acids is 1. The van der Waals surface area contributed by atoms with Crippen LogP contribution in [0.15, 0.2) is 54.6 Å². The van der Waals surface area contributed by atoms with Crippen LogP contribution in [-0.4, -0.2) is 66.6 Å². The van der Waals surface area contributed by atoms with E-state index >= 15 is 0 Å². The van der Waals surface area contributed by atoms with E-state index in [1.165, 1.54) is 11.0 Å². The average Bonchev–Trinajstić information content (AvgIpc) is 2.65. The predicted molar refractivity (Wildman–Crippen MR) is 101 cm³/mol. The lowest BCUT2D eigenvalue weighted by Gasteiger charge is -2.33. The van der Waals surface area contributed by atoms with Crippen LogP contribution in [0, 0.1) is 0 Å². The maximum absolute atomic E-state index is 13.1. The monoisotopic (exact) mass is 353 g/mol. The van der Waals surface area contributed by atoms with Crippen LogP contribution in [0.4, 0.5) is 11.4 Å². The second kappa shape index (κ2) is 8.12. The molecule has 1 heterocycles. The zero-order valence-electron chi connectivity index (χ0n) is 14.8. The molecule has 3 rings (SSSR count). The van der Waals surface area contributed by atoms with Gasteiger partial charge in [-0.15, -0.1) is 0 Å². The molecule has 6 nitrogen and oxygen atoms in total. The highest BCUT2D eigenvalue weighted by Gasteiger charge is 2.25. The van der Waals surface area contributed by atoms with Gasteiger partial charge >= 0.3 is 5.97 Å². The lowest BCUT2D eigenvalue weighted by Crippen LogP contribution is -2.48. The van der Waals surface area contributed by atoms with Gasteiger partial charge in [-0.1, -0.05) is 30.3 Å². The first-order valence-electron chi connectivity index (χ1n) is 8.67. The second-order valence-corrected chi connectivity index (χ2v) is 6.47. The Hall–Kier alpha value is -2.70. The quantitative estimate of drug-likeness (QED) is 0.894. The van der Waals surface area contributed by atoms with Crippen LogP contribution in [0.25, 0.3) is 0 Å². The molecule has 1 aliphatic rings. The zero-order chi connectivity index (χ0) is 18.5. The number of amides is 1. The predicted octanol–water partition coefficient (Wildman–Crippen LogP) is 2.30. The van der Waals surface area contributed by atoms with E-state index in [0.29, 0.717) is 11.4 Å². The number of nitrogens with zero attached hydrogens (tertiary/aromatic N) is 3. The molecule has 26 heavy (non-hydrogen) atoms. The SMILES string of the molecule is CN1CCN(CC(=O)N(c2ccccc2)c2ccccc2C(=O)O)CC1. The summed E-state index contributed by atoms with van der Waals surface area (Å²) >= 11 is 0. The number of hydrogen-bond acceptors (Lipinski definition) is 4. The summed E-state index contributed by atoms with van der Waals surface area (Å²) < 4.78 is 0. The van der Waals surface area contributed by atoms with E-state index in [9.17, 15) is 14.7 Å². The molecule has 0 unspecified atom stereocenters. The Morgan fingerprint density at radius 1 is 0.962 bits per heavy atom. The first kappa shape index (κ1) is 18.1. The van der Waals surface area contributed by atoms with Gasteiger partial charge in [-0.2, -0.15) is 0 Å². The van der Waals surface area contributed by atoms with Crippen molar-refractivity contribution in [1.29, 1.82) is 0 Å². The molecule has 0 aromatic heterocycles. The van der Waals surface area contributed by atoms with Crippen molar-refractivity contribution in [3.8, 4) is 0 Å². The number of rotatable bonds is 5. The maximum atomic E-state index is 13.1. The summed E-state index contributed by atoms with van der Waals surface area (Å²) in [5.41, 5.74) is 1.17. The van der Waals surface area contributed by atoms with E-state index in [1.807, 2.05) is 30.3 Å². The molecule has 136 valence electrons. The minimum Gasteiger partial charge on any atom is -0.478 e. The van der Waals surface area contributed by atoms with Crippen LogP contribution in [0.3, 0.4) is 0 Å². The summed E-state index contributed by atoms with van der Waals surface area (Å²) in [6.45, 7) is 3.75. The molecular weight excluding hydrogens is 330 g/mol. The van der Waals surface area contributed by atoms with Crippen molar-refractivity contribution in [1.82, 2.24) is 9.80 Å². The molecule has 1 amide bonds. The Bertz CT molecular complexity index is 771. The second-order valence-electron chi connectivity index (χ2n) is 6.47. The lowest BCUT2D eigenvalue weighted by atomic mass is 10.1. The molecule has 1 N–H and O–H groups in total. The number of carbonyl (C=O) groups is 2. The molecule has 1 saturated heterocycles. The van der Waals surface area contributed by atoms with Gasteiger partial charge in [0.05, 0.1) is 17.8 Å². The minimum atomic E-state index is -1.05.